The topological polar surface area (TPSA) is 63.2 Å². The van der Waals surface area contributed by atoms with Gasteiger partial charge in [0, 0.05) is 5.92 Å². The number of nitrogens with one attached hydrogen (secondary N) is 1. The monoisotopic (exact) mass is 205 g/mol. The number of carbonyl (C=O) groups is 1. The van der Waals surface area contributed by atoms with E-state index in [9.17, 15) is 13.2 Å². The molecule has 0 aromatic rings. The van der Waals surface area contributed by atoms with Crippen molar-refractivity contribution in [2.24, 2.45) is 11.8 Å². The molecule has 0 spiro atoms. The largest absolute Gasteiger partial charge is 0.274 e. The molecule has 4 nitrogen and oxygen atoms in total. The zero-order valence-corrected chi connectivity index (χ0v) is 8.89. The molecule has 0 bridgehead atoms. The summed E-state index contributed by atoms with van der Waals surface area (Å²) in [4.78, 5) is 11.1. The standard InChI is InChI=1S/C8H15NO3S/c1-5(2)8(10)9-13(11,12)7-4-6(7)3/h5-7H,4H2,1-3H3,(H,9,10). The predicted molar refractivity (Wildman–Crippen MR) is 49.5 cm³/mol. The van der Waals surface area contributed by atoms with Crippen LogP contribution in [0.15, 0.2) is 0 Å². The highest BCUT2D eigenvalue weighted by Gasteiger charge is 2.44. The summed E-state index contributed by atoms with van der Waals surface area (Å²) in [5, 5.41) is -0.352. The second-order valence-electron chi connectivity index (χ2n) is 3.92. The number of sulfonamides is 1. The quantitative estimate of drug-likeness (QED) is 0.729. The van der Waals surface area contributed by atoms with Crippen LogP contribution >= 0.6 is 0 Å². The van der Waals surface area contributed by atoms with Gasteiger partial charge >= 0.3 is 0 Å². The number of amides is 1. The molecule has 0 heterocycles. The smallest absolute Gasteiger partial charge is 0.238 e. The van der Waals surface area contributed by atoms with E-state index < -0.39 is 15.9 Å². The average Bonchev–Trinajstić information content (AvgIpc) is 2.66. The first-order valence-electron chi connectivity index (χ1n) is 4.40. The molecule has 0 aromatic carbocycles. The summed E-state index contributed by atoms with van der Waals surface area (Å²) in [5.74, 6) is -0.514. The summed E-state index contributed by atoms with van der Waals surface area (Å²) in [6.07, 6.45) is 0.667. The minimum Gasteiger partial charge on any atom is -0.274 e. The molecule has 1 N–H and O–H groups in total. The highest BCUT2D eigenvalue weighted by atomic mass is 32.2. The molecular weight excluding hydrogens is 190 g/mol. The van der Waals surface area contributed by atoms with Gasteiger partial charge in [-0.15, -0.1) is 0 Å². The van der Waals surface area contributed by atoms with Crippen LogP contribution in [0.3, 0.4) is 0 Å². The van der Waals surface area contributed by atoms with Crippen LogP contribution in [0, 0.1) is 11.8 Å². The van der Waals surface area contributed by atoms with E-state index in [0.29, 0.717) is 6.42 Å². The van der Waals surface area contributed by atoms with E-state index in [2.05, 4.69) is 4.72 Å². The van der Waals surface area contributed by atoms with Crippen molar-refractivity contribution in [1.82, 2.24) is 4.72 Å². The fourth-order valence-corrected chi connectivity index (χ4v) is 2.89. The molecule has 1 rings (SSSR count). The van der Waals surface area contributed by atoms with Crippen molar-refractivity contribution in [3.05, 3.63) is 0 Å². The van der Waals surface area contributed by atoms with E-state index >= 15 is 0 Å². The third kappa shape index (κ3) is 2.43. The summed E-state index contributed by atoms with van der Waals surface area (Å²) in [7, 11) is -3.38. The Hall–Kier alpha value is -0.580. The lowest BCUT2D eigenvalue weighted by atomic mass is 10.2. The summed E-state index contributed by atoms with van der Waals surface area (Å²) < 4.78 is 24.9. The van der Waals surface area contributed by atoms with Gasteiger partial charge in [-0.3, -0.25) is 9.52 Å². The zero-order chi connectivity index (χ0) is 10.2. The lowest BCUT2D eigenvalue weighted by molar-refractivity contribution is -0.122. The summed E-state index contributed by atoms with van der Waals surface area (Å²) >= 11 is 0. The predicted octanol–water partition coefficient (Wildman–Crippen LogP) is 0.497. The molecule has 1 saturated carbocycles. The highest BCUT2D eigenvalue weighted by Crippen LogP contribution is 2.35. The second kappa shape index (κ2) is 3.29. The highest BCUT2D eigenvalue weighted by molar-refractivity contribution is 7.91. The van der Waals surface area contributed by atoms with Crippen molar-refractivity contribution in [2.45, 2.75) is 32.4 Å². The van der Waals surface area contributed by atoms with Crippen LogP contribution in [0.1, 0.15) is 27.2 Å². The summed E-state index contributed by atoms with van der Waals surface area (Å²) in [5.41, 5.74) is 0. The lowest BCUT2D eigenvalue weighted by Gasteiger charge is -2.07. The van der Waals surface area contributed by atoms with E-state index in [0.717, 1.165) is 0 Å². The van der Waals surface area contributed by atoms with Crippen LogP contribution in [-0.4, -0.2) is 19.6 Å². The molecule has 1 aliphatic rings. The van der Waals surface area contributed by atoms with E-state index in [1.54, 1.807) is 13.8 Å². The fourth-order valence-electron chi connectivity index (χ4n) is 1.05. The van der Waals surface area contributed by atoms with Crippen LogP contribution in [0.25, 0.3) is 0 Å². The molecule has 0 aliphatic heterocycles. The molecule has 5 heteroatoms. The zero-order valence-electron chi connectivity index (χ0n) is 8.07. The van der Waals surface area contributed by atoms with Crippen molar-refractivity contribution in [3.8, 4) is 0 Å². The number of carbonyl (C=O) groups excluding carboxylic acids is 1. The van der Waals surface area contributed by atoms with Gasteiger partial charge in [-0.05, 0) is 12.3 Å². The van der Waals surface area contributed by atoms with Gasteiger partial charge in [0.15, 0.2) is 0 Å². The van der Waals surface area contributed by atoms with Gasteiger partial charge in [-0.1, -0.05) is 20.8 Å². The maximum atomic E-state index is 11.4. The van der Waals surface area contributed by atoms with Crippen molar-refractivity contribution in [3.63, 3.8) is 0 Å². The van der Waals surface area contributed by atoms with Gasteiger partial charge < -0.3 is 0 Å². The molecular formula is C8H15NO3S. The Morgan fingerprint density at radius 2 is 1.92 bits per heavy atom. The van der Waals surface area contributed by atoms with Gasteiger partial charge in [0.25, 0.3) is 0 Å². The van der Waals surface area contributed by atoms with Crippen LogP contribution in [0.2, 0.25) is 0 Å². The van der Waals surface area contributed by atoms with Crippen molar-refractivity contribution in [2.75, 3.05) is 0 Å². The first-order valence-corrected chi connectivity index (χ1v) is 5.94. The third-order valence-electron chi connectivity index (χ3n) is 2.20. The molecule has 76 valence electrons. The minimum atomic E-state index is -3.38. The van der Waals surface area contributed by atoms with Crippen molar-refractivity contribution in [1.29, 1.82) is 0 Å². The Bertz CT molecular complexity index is 307. The first kappa shape index (κ1) is 10.5. The molecule has 0 aromatic heterocycles. The maximum absolute atomic E-state index is 11.4. The van der Waals surface area contributed by atoms with Gasteiger partial charge in [-0.25, -0.2) is 8.42 Å². The molecule has 2 unspecified atom stereocenters. The average molecular weight is 205 g/mol. The first-order chi connectivity index (χ1) is 5.84. The van der Waals surface area contributed by atoms with Crippen LogP contribution in [-0.2, 0) is 14.8 Å². The van der Waals surface area contributed by atoms with E-state index in [4.69, 9.17) is 0 Å². The summed E-state index contributed by atoms with van der Waals surface area (Å²) in [6, 6.07) is 0. The molecule has 13 heavy (non-hydrogen) atoms. The van der Waals surface area contributed by atoms with Gasteiger partial charge in [0.2, 0.25) is 15.9 Å². The number of hydrogen-bond donors (Lipinski definition) is 1. The second-order valence-corrected chi connectivity index (χ2v) is 5.82. The minimum absolute atomic E-state index is 0.192. The van der Waals surface area contributed by atoms with Gasteiger partial charge in [0.05, 0.1) is 5.25 Å². The van der Waals surface area contributed by atoms with Gasteiger partial charge in [0.1, 0.15) is 0 Å². The molecule has 1 amide bonds. The third-order valence-corrected chi connectivity index (χ3v) is 4.14. The van der Waals surface area contributed by atoms with E-state index in [-0.39, 0.29) is 17.1 Å². The SMILES string of the molecule is CC(C)C(=O)NS(=O)(=O)C1CC1C. The maximum Gasteiger partial charge on any atom is 0.238 e. The van der Waals surface area contributed by atoms with Gasteiger partial charge in [-0.2, -0.15) is 0 Å². The fraction of sp³-hybridized carbons (Fsp3) is 0.875. The molecule has 0 saturated heterocycles. The van der Waals surface area contributed by atoms with Crippen molar-refractivity contribution < 1.29 is 13.2 Å². The van der Waals surface area contributed by atoms with Crippen LogP contribution in [0.5, 0.6) is 0 Å². The Labute approximate surface area is 78.8 Å². The normalized spacial score (nSPS) is 27.4. The van der Waals surface area contributed by atoms with Crippen LogP contribution in [0.4, 0.5) is 0 Å². The van der Waals surface area contributed by atoms with Crippen LogP contribution < -0.4 is 4.72 Å². The van der Waals surface area contributed by atoms with E-state index in [1.165, 1.54) is 0 Å². The lowest BCUT2D eigenvalue weighted by Crippen LogP contribution is -2.36. The molecule has 0 radical (unpaired) electrons. The summed E-state index contributed by atoms with van der Waals surface area (Å²) in [6.45, 7) is 5.20. The Morgan fingerprint density at radius 3 is 2.23 bits per heavy atom. The molecule has 1 aliphatic carbocycles. The van der Waals surface area contributed by atoms with Crippen molar-refractivity contribution >= 4 is 15.9 Å². The Balaban J connectivity index is 2.58. The Kier molecular flexibility index (Phi) is 2.66. The van der Waals surface area contributed by atoms with E-state index in [1.807, 2.05) is 6.92 Å². The Morgan fingerprint density at radius 1 is 1.46 bits per heavy atom. The molecule has 2 atom stereocenters. The number of rotatable bonds is 3. The number of hydrogen-bond acceptors (Lipinski definition) is 3. The molecule has 1 fully saturated rings.